The minimum atomic E-state index is -0.353. The zero-order valence-electron chi connectivity index (χ0n) is 10.9. The van der Waals surface area contributed by atoms with Crippen molar-refractivity contribution >= 4 is 17.5 Å². The van der Waals surface area contributed by atoms with Gasteiger partial charge in [-0.05, 0) is 22.8 Å². The van der Waals surface area contributed by atoms with E-state index in [0.29, 0.717) is 18.0 Å². The number of rotatable bonds is 5. The number of alkyl halides is 1. The molecule has 2 aromatic carbocycles. The molecule has 20 heavy (non-hydrogen) atoms. The van der Waals surface area contributed by atoms with Crippen LogP contribution in [-0.4, -0.2) is 5.91 Å². The normalized spacial score (nSPS) is 10.3. The first-order valence-electron chi connectivity index (χ1n) is 6.33. The molecule has 1 amide bonds. The summed E-state index contributed by atoms with van der Waals surface area (Å²) in [5.74, 6) is -0.0782. The van der Waals surface area contributed by atoms with Gasteiger partial charge in [-0.1, -0.05) is 42.5 Å². The van der Waals surface area contributed by atoms with E-state index in [1.807, 2.05) is 24.3 Å². The van der Waals surface area contributed by atoms with Gasteiger partial charge >= 0.3 is 0 Å². The maximum absolute atomic E-state index is 13.4. The Balaban J connectivity index is 1.87. The molecule has 1 N–H and O–H groups in total. The Morgan fingerprint density at radius 1 is 1.05 bits per heavy atom. The van der Waals surface area contributed by atoms with E-state index < -0.39 is 0 Å². The van der Waals surface area contributed by atoms with Crippen LogP contribution in [-0.2, 0) is 23.6 Å². The van der Waals surface area contributed by atoms with Crippen molar-refractivity contribution in [3.8, 4) is 0 Å². The van der Waals surface area contributed by atoms with Crippen LogP contribution in [0.5, 0.6) is 0 Å². The first-order valence-corrected chi connectivity index (χ1v) is 6.86. The lowest BCUT2D eigenvalue weighted by Crippen LogP contribution is -2.24. The Kier molecular flexibility index (Phi) is 5.13. The van der Waals surface area contributed by atoms with Crippen molar-refractivity contribution in [3.05, 3.63) is 71.0 Å². The predicted molar refractivity (Wildman–Crippen MR) is 77.9 cm³/mol. The highest BCUT2D eigenvalue weighted by atomic mass is 35.5. The highest BCUT2D eigenvalue weighted by Crippen LogP contribution is 2.08. The van der Waals surface area contributed by atoms with Crippen LogP contribution in [0.25, 0.3) is 0 Å². The number of nitrogens with one attached hydrogen (secondary N) is 1. The van der Waals surface area contributed by atoms with Crippen molar-refractivity contribution in [2.45, 2.75) is 18.8 Å². The van der Waals surface area contributed by atoms with Gasteiger partial charge in [0.2, 0.25) is 5.91 Å². The van der Waals surface area contributed by atoms with Crippen molar-refractivity contribution in [2.24, 2.45) is 0 Å². The molecule has 0 saturated carbocycles. The van der Waals surface area contributed by atoms with Crippen molar-refractivity contribution in [1.82, 2.24) is 5.32 Å². The SMILES string of the molecule is O=C(Cc1ccccc1F)NCc1ccc(CCl)cc1. The van der Waals surface area contributed by atoms with Crippen LogP contribution in [0.3, 0.4) is 0 Å². The van der Waals surface area contributed by atoms with E-state index in [2.05, 4.69) is 5.32 Å². The largest absolute Gasteiger partial charge is 0.352 e. The van der Waals surface area contributed by atoms with Gasteiger partial charge in [0, 0.05) is 12.4 Å². The summed E-state index contributed by atoms with van der Waals surface area (Å²) in [4.78, 5) is 11.8. The summed E-state index contributed by atoms with van der Waals surface area (Å²) in [6, 6.07) is 14.0. The number of hydrogen-bond acceptors (Lipinski definition) is 1. The van der Waals surface area contributed by atoms with Crippen LogP contribution in [0.4, 0.5) is 4.39 Å². The minimum absolute atomic E-state index is 0.0481. The number of benzene rings is 2. The molecule has 0 aromatic heterocycles. The van der Waals surface area contributed by atoms with E-state index in [4.69, 9.17) is 11.6 Å². The fourth-order valence-electron chi connectivity index (χ4n) is 1.82. The minimum Gasteiger partial charge on any atom is -0.352 e. The molecule has 0 heterocycles. The summed E-state index contributed by atoms with van der Waals surface area (Å²) < 4.78 is 13.4. The average Bonchev–Trinajstić information content (AvgIpc) is 2.48. The molecule has 0 aliphatic rings. The van der Waals surface area contributed by atoms with Gasteiger partial charge in [-0.25, -0.2) is 4.39 Å². The first kappa shape index (κ1) is 14.5. The van der Waals surface area contributed by atoms with Crippen LogP contribution in [0.15, 0.2) is 48.5 Å². The topological polar surface area (TPSA) is 29.1 Å². The lowest BCUT2D eigenvalue weighted by Gasteiger charge is -2.06. The van der Waals surface area contributed by atoms with Crippen molar-refractivity contribution in [2.75, 3.05) is 0 Å². The molecule has 0 bridgehead atoms. The Bertz CT molecular complexity index is 583. The van der Waals surface area contributed by atoms with Crippen molar-refractivity contribution in [3.63, 3.8) is 0 Å². The second-order valence-corrected chi connectivity index (χ2v) is 4.76. The van der Waals surface area contributed by atoms with Crippen molar-refractivity contribution in [1.29, 1.82) is 0 Å². The van der Waals surface area contributed by atoms with E-state index in [0.717, 1.165) is 11.1 Å². The molecule has 0 aliphatic heterocycles. The summed E-state index contributed by atoms with van der Waals surface area (Å²) in [5.41, 5.74) is 2.43. The van der Waals surface area contributed by atoms with E-state index in [1.54, 1.807) is 18.2 Å². The summed E-state index contributed by atoms with van der Waals surface area (Å²) in [5, 5.41) is 2.77. The van der Waals surface area contributed by atoms with E-state index in [-0.39, 0.29) is 18.1 Å². The molecule has 0 aliphatic carbocycles. The highest BCUT2D eigenvalue weighted by molar-refractivity contribution is 6.17. The average molecular weight is 292 g/mol. The van der Waals surface area contributed by atoms with Gasteiger partial charge in [0.05, 0.1) is 6.42 Å². The van der Waals surface area contributed by atoms with Gasteiger partial charge in [-0.2, -0.15) is 0 Å². The smallest absolute Gasteiger partial charge is 0.224 e. The molecule has 0 unspecified atom stereocenters. The fourth-order valence-corrected chi connectivity index (χ4v) is 2.00. The zero-order valence-corrected chi connectivity index (χ0v) is 11.7. The van der Waals surface area contributed by atoms with Gasteiger partial charge in [0.1, 0.15) is 5.82 Å². The summed E-state index contributed by atoms with van der Waals surface area (Å²) >= 11 is 5.71. The maximum atomic E-state index is 13.4. The summed E-state index contributed by atoms with van der Waals surface area (Å²) in [6.45, 7) is 0.426. The Morgan fingerprint density at radius 2 is 1.70 bits per heavy atom. The van der Waals surface area contributed by atoms with Crippen LogP contribution in [0.1, 0.15) is 16.7 Å². The zero-order chi connectivity index (χ0) is 14.4. The number of halogens is 2. The van der Waals surface area contributed by atoms with E-state index >= 15 is 0 Å². The molecule has 0 fully saturated rings. The first-order chi connectivity index (χ1) is 9.69. The molecular formula is C16H15ClFNO. The highest BCUT2D eigenvalue weighted by Gasteiger charge is 2.07. The van der Waals surface area contributed by atoms with Gasteiger partial charge in [-0.3, -0.25) is 4.79 Å². The van der Waals surface area contributed by atoms with Gasteiger partial charge in [0.15, 0.2) is 0 Å². The molecular weight excluding hydrogens is 277 g/mol. The van der Waals surface area contributed by atoms with Gasteiger partial charge in [-0.15, -0.1) is 11.6 Å². The van der Waals surface area contributed by atoms with Crippen LogP contribution in [0.2, 0.25) is 0 Å². The predicted octanol–water partition coefficient (Wildman–Crippen LogP) is 3.42. The molecule has 104 valence electrons. The third-order valence-electron chi connectivity index (χ3n) is 2.98. The molecule has 0 radical (unpaired) electrons. The van der Waals surface area contributed by atoms with Crippen molar-refractivity contribution < 1.29 is 9.18 Å². The van der Waals surface area contributed by atoms with Gasteiger partial charge in [0.25, 0.3) is 0 Å². The molecule has 0 spiro atoms. The number of carbonyl (C=O) groups is 1. The Labute approximate surface area is 122 Å². The maximum Gasteiger partial charge on any atom is 0.224 e. The lowest BCUT2D eigenvalue weighted by atomic mass is 10.1. The third kappa shape index (κ3) is 4.07. The van der Waals surface area contributed by atoms with Gasteiger partial charge < -0.3 is 5.32 Å². The monoisotopic (exact) mass is 291 g/mol. The fraction of sp³-hybridized carbons (Fsp3) is 0.188. The standard InChI is InChI=1S/C16H15ClFNO/c17-10-12-5-7-13(8-6-12)11-19-16(20)9-14-3-1-2-4-15(14)18/h1-8H,9-11H2,(H,19,20). The second-order valence-electron chi connectivity index (χ2n) is 4.50. The van der Waals surface area contributed by atoms with Crippen LogP contribution < -0.4 is 5.32 Å². The second kappa shape index (κ2) is 7.06. The van der Waals surface area contributed by atoms with Crippen LogP contribution >= 0.6 is 11.6 Å². The molecule has 2 rings (SSSR count). The Hall–Kier alpha value is -1.87. The Morgan fingerprint density at radius 3 is 2.35 bits per heavy atom. The summed E-state index contributed by atoms with van der Waals surface area (Å²) in [6.07, 6.45) is 0.0481. The molecule has 2 aromatic rings. The van der Waals surface area contributed by atoms with E-state index in [1.165, 1.54) is 6.07 Å². The molecule has 4 heteroatoms. The number of amides is 1. The van der Waals surface area contributed by atoms with E-state index in [9.17, 15) is 9.18 Å². The molecule has 0 atom stereocenters. The number of hydrogen-bond donors (Lipinski definition) is 1. The van der Waals surface area contributed by atoms with Crippen LogP contribution in [0, 0.1) is 5.82 Å². The summed E-state index contributed by atoms with van der Waals surface area (Å²) in [7, 11) is 0. The number of carbonyl (C=O) groups excluding carboxylic acids is 1. The third-order valence-corrected chi connectivity index (χ3v) is 3.28. The molecule has 2 nitrogen and oxygen atoms in total. The molecule has 0 saturated heterocycles. The quantitative estimate of drug-likeness (QED) is 0.840. The lowest BCUT2D eigenvalue weighted by molar-refractivity contribution is -0.120.